The fourth-order valence-corrected chi connectivity index (χ4v) is 12.7. The first-order valence-electron chi connectivity index (χ1n) is 29.8. The van der Waals surface area contributed by atoms with Crippen molar-refractivity contribution in [1.82, 2.24) is 9.80 Å². The number of rotatable bonds is 46. The van der Waals surface area contributed by atoms with Crippen molar-refractivity contribution in [3.8, 4) is 0 Å². The van der Waals surface area contributed by atoms with E-state index in [9.17, 15) is 18.9 Å². The van der Waals surface area contributed by atoms with Crippen molar-refractivity contribution in [3.63, 3.8) is 0 Å². The third kappa shape index (κ3) is 29.2. The van der Waals surface area contributed by atoms with Crippen LogP contribution in [0.15, 0.2) is 48.6 Å². The van der Waals surface area contributed by atoms with Crippen LogP contribution in [0.3, 0.4) is 0 Å². The molecule has 1 spiro atoms. The predicted octanol–water partition coefficient (Wildman–Crippen LogP) is 14.0. The lowest BCUT2D eigenvalue weighted by Crippen LogP contribution is -2.57. The fraction of sp³-hybridized carbons (Fsp3) is 0.862. The number of nitrogens with two attached hydrogens (primary N) is 2. The van der Waals surface area contributed by atoms with Crippen LogP contribution in [-0.2, 0) is 36.7 Å². The highest BCUT2D eigenvalue weighted by atomic mass is 31.2. The average molecular weight is 1090 g/mol. The monoisotopic (exact) mass is 1080 g/mol. The first-order valence-corrected chi connectivity index (χ1v) is 32.8. The van der Waals surface area contributed by atoms with Crippen LogP contribution in [0.1, 0.15) is 219 Å². The number of phosphoric acid groups is 2. The Morgan fingerprint density at radius 3 is 1.20 bits per heavy atom. The molecular weight excluding hydrogens is 975 g/mol. The Labute approximate surface area is 451 Å². The molecule has 74 heavy (non-hydrogen) atoms. The van der Waals surface area contributed by atoms with Gasteiger partial charge in [0.2, 0.25) is 0 Å². The van der Waals surface area contributed by atoms with E-state index in [-0.39, 0.29) is 63.8 Å². The molecule has 3 aliphatic rings. The Hall–Kier alpha value is -1.06. The summed E-state index contributed by atoms with van der Waals surface area (Å²) in [6.45, 7) is 5.30. The van der Waals surface area contributed by atoms with E-state index in [4.69, 9.17) is 39.0 Å². The molecule has 1 heterocycles. The topological polar surface area (TPSA) is 188 Å². The zero-order valence-electron chi connectivity index (χ0n) is 47.3. The summed E-state index contributed by atoms with van der Waals surface area (Å²) in [4.78, 5) is 24.6. The molecule has 1 saturated heterocycles. The second-order valence-electron chi connectivity index (χ2n) is 21.8. The molecule has 0 radical (unpaired) electrons. The number of likely N-dealkylation sites (N-methyl/N-ethyl adjacent to an activating group) is 2. The zero-order valence-corrected chi connectivity index (χ0v) is 49.1. The summed E-state index contributed by atoms with van der Waals surface area (Å²) in [5, 5.41) is 0. The lowest BCUT2D eigenvalue weighted by atomic mass is 9.66. The molecule has 0 aromatic carbocycles. The molecule has 0 aromatic heterocycles. The SMILES string of the molecule is CCCCC/C=C\C/C=C\CCCCCCCCC1(CCCCCCCC/C=C\C/C=C\CCCCC)CCC2(CC1)O[C@H]1C[C@@H](N(C)CCOP(=O)(O)OCCN)[C@@H](N(C)CCOP(=O)(O)OCCN)C[C@@H]1O2. The van der Waals surface area contributed by atoms with E-state index in [2.05, 4.69) is 72.3 Å². The molecule has 2 unspecified atom stereocenters. The van der Waals surface area contributed by atoms with Gasteiger partial charge in [0.05, 0.1) is 38.6 Å². The number of phosphoric ester groups is 2. The van der Waals surface area contributed by atoms with E-state index < -0.39 is 21.4 Å². The zero-order chi connectivity index (χ0) is 53.6. The van der Waals surface area contributed by atoms with Crippen LogP contribution in [-0.4, -0.2) is 116 Å². The van der Waals surface area contributed by atoms with Gasteiger partial charge in [-0.2, -0.15) is 0 Å². The van der Waals surface area contributed by atoms with Gasteiger partial charge in [0.1, 0.15) is 0 Å². The van der Waals surface area contributed by atoms with Gasteiger partial charge < -0.3 is 30.7 Å². The molecule has 0 amide bonds. The number of unbranched alkanes of at least 4 members (excludes halogenated alkanes) is 18. The molecule has 0 bridgehead atoms. The van der Waals surface area contributed by atoms with Crippen LogP contribution >= 0.6 is 15.6 Å². The average Bonchev–Trinajstić information content (AvgIpc) is 3.74. The van der Waals surface area contributed by atoms with E-state index in [1.807, 2.05) is 14.1 Å². The summed E-state index contributed by atoms with van der Waals surface area (Å²) in [6, 6.07) is -0.0624. The van der Waals surface area contributed by atoms with E-state index in [1.165, 1.54) is 154 Å². The smallest absolute Gasteiger partial charge is 0.344 e. The Morgan fingerprint density at radius 2 is 0.838 bits per heavy atom. The lowest BCUT2D eigenvalue weighted by molar-refractivity contribution is -0.208. The number of hydrogen-bond donors (Lipinski definition) is 4. The molecule has 2 aliphatic carbocycles. The Morgan fingerprint density at radius 1 is 0.500 bits per heavy atom. The maximum atomic E-state index is 12.4. The van der Waals surface area contributed by atoms with E-state index >= 15 is 0 Å². The minimum Gasteiger partial charge on any atom is -0.344 e. The highest BCUT2D eigenvalue weighted by molar-refractivity contribution is 7.47. The molecule has 16 heteroatoms. The van der Waals surface area contributed by atoms with Crippen LogP contribution in [0.5, 0.6) is 0 Å². The summed E-state index contributed by atoms with van der Waals surface area (Å²) in [5.74, 6) is -0.603. The van der Waals surface area contributed by atoms with Crippen LogP contribution in [0, 0.1) is 5.41 Å². The van der Waals surface area contributed by atoms with E-state index in [1.54, 1.807) is 0 Å². The first-order chi connectivity index (χ1) is 35.8. The van der Waals surface area contributed by atoms with Gasteiger partial charge in [0.25, 0.3) is 0 Å². The summed E-state index contributed by atoms with van der Waals surface area (Å²) in [5.41, 5.74) is 11.3. The maximum absolute atomic E-state index is 12.4. The minimum atomic E-state index is -4.23. The largest absolute Gasteiger partial charge is 0.472 e. The van der Waals surface area contributed by atoms with Crippen molar-refractivity contribution in [3.05, 3.63) is 48.6 Å². The minimum absolute atomic E-state index is 0.0150. The van der Waals surface area contributed by atoms with Crippen molar-refractivity contribution >= 4 is 15.6 Å². The lowest BCUT2D eigenvalue weighted by Gasteiger charge is -2.45. The van der Waals surface area contributed by atoms with Crippen molar-refractivity contribution in [2.75, 3.05) is 66.7 Å². The summed E-state index contributed by atoms with van der Waals surface area (Å²) in [6.07, 6.45) is 57.0. The van der Waals surface area contributed by atoms with Crippen molar-refractivity contribution in [1.29, 1.82) is 0 Å². The van der Waals surface area contributed by atoms with Crippen LogP contribution < -0.4 is 11.5 Å². The van der Waals surface area contributed by atoms with Gasteiger partial charge in [-0.3, -0.25) is 27.9 Å². The fourth-order valence-electron chi connectivity index (χ4n) is 11.2. The van der Waals surface area contributed by atoms with Crippen molar-refractivity contribution < 1.29 is 46.5 Å². The molecule has 3 rings (SSSR count). The number of nitrogens with zero attached hydrogens (tertiary/aromatic N) is 2. The van der Waals surface area contributed by atoms with Gasteiger partial charge in [0.15, 0.2) is 5.79 Å². The molecule has 0 aromatic rings. The number of allylic oxidation sites excluding steroid dienone is 8. The van der Waals surface area contributed by atoms with Crippen LogP contribution in [0.25, 0.3) is 0 Å². The number of hydrogen-bond acceptors (Lipinski definition) is 12. The molecule has 3 fully saturated rings. The van der Waals surface area contributed by atoms with Crippen LogP contribution in [0.2, 0.25) is 0 Å². The Bertz CT molecular complexity index is 1520. The van der Waals surface area contributed by atoms with E-state index in [0.717, 1.165) is 38.5 Å². The molecule has 6 atom stereocenters. The molecule has 1 aliphatic heterocycles. The van der Waals surface area contributed by atoms with Gasteiger partial charge in [-0.25, -0.2) is 9.13 Å². The van der Waals surface area contributed by atoms with E-state index in [0.29, 0.717) is 31.3 Å². The van der Waals surface area contributed by atoms with Gasteiger partial charge >= 0.3 is 15.6 Å². The third-order valence-corrected chi connectivity index (χ3v) is 17.7. The standard InChI is InChI=1S/C58H110N4O10P2/c1-5-7-9-11-13-15-17-19-21-23-25-27-29-31-33-35-37-57(38-36-34-32-30-28-26-24-22-20-18-16-14-12-10-8-6-2)39-41-58(42-40-57)71-55-51-53(61(3)45-49-69-73(63,64)67-47-43-59)54(52-56(55)72-58)62(4)46-50-70-74(65,66)68-48-44-60/h13-16,19-22,53-56H,5-12,17-18,23-52,59-60H2,1-4H3,(H,63,64)(H,65,66)/b15-13-,16-14-,21-19-,22-20-/t53-,54+,55-,56-/m0/s1. The summed E-state index contributed by atoms with van der Waals surface area (Å²) < 4.78 is 59.5. The number of ether oxygens (including phenoxy) is 2. The van der Waals surface area contributed by atoms with Gasteiger partial charge in [-0.1, -0.05) is 152 Å². The highest BCUT2D eigenvalue weighted by Crippen LogP contribution is 2.54. The molecule has 6 N–H and O–H groups in total. The second-order valence-corrected chi connectivity index (χ2v) is 24.7. The normalized spacial score (nSPS) is 22.6. The van der Waals surface area contributed by atoms with Crippen molar-refractivity contribution in [2.24, 2.45) is 16.9 Å². The van der Waals surface area contributed by atoms with Crippen LogP contribution in [0.4, 0.5) is 0 Å². The van der Waals surface area contributed by atoms with Gasteiger partial charge in [0, 0.05) is 51.1 Å². The Balaban J connectivity index is 1.57. The van der Waals surface area contributed by atoms with Gasteiger partial charge in [-0.05, 0) is 122 Å². The maximum Gasteiger partial charge on any atom is 0.472 e. The first kappa shape index (κ1) is 67.2. The predicted molar refractivity (Wildman–Crippen MR) is 305 cm³/mol. The molecular formula is C58H110N4O10P2. The molecule has 14 nitrogen and oxygen atoms in total. The van der Waals surface area contributed by atoms with Gasteiger partial charge in [-0.15, -0.1) is 0 Å². The summed E-state index contributed by atoms with van der Waals surface area (Å²) in [7, 11) is -4.49. The molecule has 432 valence electrons. The Kier molecular flexibility index (Phi) is 36.5. The second kappa shape index (κ2) is 40.2. The number of fused-ring (bicyclic) bond motifs is 1. The highest BCUT2D eigenvalue weighted by Gasteiger charge is 2.55. The third-order valence-electron chi connectivity index (χ3n) is 15.7. The summed E-state index contributed by atoms with van der Waals surface area (Å²) >= 11 is 0. The quantitative estimate of drug-likeness (QED) is 0.0256. The molecule has 2 saturated carbocycles. The van der Waals surface area contributed by atoms with Crippen molar-refractivity contribution in [2.45, 2.75) is 249 Å².